The molecule has 0 bridgehead atoms. The molecule has 0 aromatic rings. The zero-order chi connectivity index (χ0) is 8.10. The average molecular weight is 155 g/mol. The molecule has 0 spiro atoms. The molecule has 0 amide bonds. The summed E-state index contributed by atoms with van der Waals surface area (Å²) in [6.45, 7) is 2.40. The molecule has 0 aromatic carbocycles. The van der Waals surface area contributed by atoms with Gasteiger partial charge in [0.25, 0.3) is 0 Å². The Bertz CT molecular complexity index is 190. The van der Waals surface area contributed by atoms with Crippen LogP contribution in [0.4, 0.5) is 0 Å². The predicted molar refractivity (Wildman–Crippen MR) is 37.2 cm³/mol. The van der Waals surface area contributed by atoms with Gasteiger partial charge in [-0.2, -0.15) is 5.26 Å². The van der Waals surface area contributed by atoms with E-state index < -0.39 is 0 Å². The summed E-state index contributed by atoms with van der Waals surface area (Å²) in [6.07, 6.45) is 0. The third-order valence-electron chi connectivity index (χ3n) is 1.51. The fourth-order valence-corrected chi connectivity index (χ4v) is 0.931. The second-order valence-corrected chi connectivity index (χ2v) is 2.13. The second kappa shape index (κ2) is 3.78. The fourth-order valence-electron chi connectivity index (χ4n) is 0.931. The number of nitrogens with zero attached hydrogens (tertiary/aromatic N) is 3. The quantitative estimate of drug-likeness (QED) is 0.224. The summed E-state index contributed by atoms with van der Waals surface area (Å²) < 4.78 is 5.05. The summed E-state index contributed by atoms with van der Waals surface area (Å²) in [6, 6.07) is 1.79. The number of morpholine rings is 1. The molecule has 1 saturated heterocycles. The molecule has 1 heterocycles. The minimum atomic E-state index is 0.0632. The lowest BCUT2D eigenvalue weighted by atomic mass is 10.4. The van der Waals surface area contributed by atoms with Crippen molar-refractivity contribution in [2.24, 2.45) is 5.16 Å². The molecule has 0 aliphatic carbocycles. The van der Waals surface area contributed by atoms with Crippen molar-refractivity contribution >= 4 is 5.84 Å². The lowest BCUT2D eigenvalue weighted by Crippen LogP contribution is -2.40. The predicted octanol–water partition coefficient (Wildman–Crippen LogP) is -0.370. The van der Waals surface area contributed by atoms with Crippen molar-refractivity contribution in [1.82, 2.24) is 4.90 Å². The first-order valence-electron chi connectivity index (χ1n) is 3.33. The van der Waals surface area contributed by atoms with Crippen molar-refractivity contribution in [1.29, 1.82) is 5.26 Å². The van der Waals surface area contributed by atoms with E-state index >= 15 is 0 Å². The zero-order valence-electron chi connectivity index (χ0n) is 6.03. The Hall–Kier alpha value is -1.28. The molecule has 1 aliphatic heterocycles. The van der Waals surface area contributed by atoms with E-state index in [0.29, 0.717) is 26.3 Å². The Kier molecular flexibility index (Phi) is 2.69. The summed E-state index contributed by atoms with van der Waals surface area (Å²) in [5.41, 5.74) is 0. The number of hydrogen-bond donors (Lipinski definition) is 1. The molecule has 11 heavy (non-hydrogen) atoms. The van der Waals surface area contributed by atoms with Crippen molar-refractivity contribution in [2.75, 3.05) is 26.3 Å². The molecule has 0 saturated carbocycles. The van der Waals surface area contributed by atoms with Crippen molar-refractivity contribution in [3.05, 3.63) is 0 Å². The van der Waals surface area contributed by atoms with Crippen LogP contribution in [-0.4, -0.2) is 42.2 Å². The average Bonchev–Trinajstić information content (AvgIpc) is 2.09. The minimum absolute atomic E-state index is 0.0632. The van der Waals surface area contributed by atoms with E-state index in [9.17, 15) is 0 Å². The van der Waals surface area contributed by atoms with Gasteiger partial charge in [-0.15, -0.1) is 0 Å². The highest BCUT2D eigenvalue weighted by Crippen LogP contribution is 1.97. The van der Waals surface area contributed by atoms with Crippen molar-refractivity contribution in [3.8, 4) is 6.07 Å². The van der Waals surface area contributed by atoms with Crippen molar-refractivity contribution in [3.63, 3.8) is 0 Å². The Morgan fingerprint density at radius 2 is 2.18 bits per heavy atom. The maximum atomic E-state index is 8.46. The molecule has 0 atom stereocenters. The molecule has 0 aromatic heterocycles. The summed E-state index contributed by atoms with van der Waals surface area (Å²) in [7, 11) is 0. The van der Waals surface area contributed by atoms with Gasteiger partial charge >= 0.3 is 0 Å². The summed E-state index contributed by atoms with van der Waals surface area (Å²) >= 11 is 0. The van der Waals surface area contributed by atoms with Gasteiger partial charge in [0.1, 0.15) is 6.07 Å². The first-order valence-corrected chi connectivity index (χ1v) is 3.33. The first-order chi connectivity index (χ1) is 5.38. The molecule has 1 N–H and O–H groups in total. The first kappa shape index (κ1) is 7.82. The fraction of sp³-hybridized carbons (Fsp3) is 0.667. The Balaban J connectivity index is 2.52. The largest absolute Gasteiger partial charge is 0.409 e. The maximum absolute atomic E-state index is 8.46. The van der Waals surface area contributed by atoms with Crippen molar-refractivity contribution in [2.45, 2.75) is 0 Å². The van der Waals surface area contributed by atoms with Gasteiger partial charge in [-0.05, 0) is 0 Å². The van der Waals surface area contributed by atoms with Gasteiger partial charge in [0.15, 0.2) is 0 Å². The molecule has 1 fully saturated rings. The van der Waals surface area contributed by atoms with E-state index in [-0.39, 0.29) is 5.84 Å². The van der Waals surface area contributed by atoms with Gasteiger partial charge in [-0.1, -0.05) is 5.16 Å². The highest BCUT2D eigenvalue weighted by molar-refractivity contribution is 5.96. The molecule has 60 valence electrons. The molecular formula is C6H9N3O2. The van der Waals surface area contributed by atoms with E-state index in [2.05, 4.69) is 5.16 Å². The van der Waals surface area contributed by atoms with E-state index in [4.69, 9.17) is 15.2 Å². The van der Waals surface area contributed by atoms with Gasteiger partial charge < -0.3 is 14.8 Å². The molecule has 1 rings (SSSR count). The summed E-state index contributed by atoms with van der Waals surface area (Å²) in [5.74, 6) is 0.0632. The highest BCUT2D eigenvalue weighted by atomic mass is 16.5. The van der Waals surface area contributed by atoms with Crippen LogP contribution in [-0.2, 0) is 4.74 Å². The Morgan fingerprint density at radius 3 is 2.64 bits per heavy atom. The minimum Gasteiger partial charge on any atom is -0.409 e. The third kappa shape index (κ3) is 1.82. The van der Waals surface area contributed by atoms with Crippen LogP contribution in [0, 0.1) is 11.3 Å². The van der Waals surface area contributed by atoms with E-state index in [1.54, 1.807) is 11.0 Å². The number of nitriles is 1. The normalized spacial score (nSPS) is 19.5. The van der Waals surface area contributed by atoms with E-state index in [1.165, 1.54) is 0 Å². The van der Waals surface area contributed by atoms with Gasteiger partial charge in [-0.25, -0.2) is 0 Å². The summed E-state index contributed by atoms with van der Waals surface area (Å²) in [4.78, 5) is 1.68. The lowest BCUT2D eigenvalue weighted by Gasteiger charge is -2.25. The molecule has 5 nitrogen and oxygen atoms in total. The highest BCUT2D eigenvalue weighted by Gasteiger charge is 2.14. The van der Waals surface area contributed by atoms with E-state index in [1.807, 2.05) is 0 Å². The number of rotatable bonds is 0. The van der Waals surface area contributed by atoms with Gasteiger partial charge in [0, 0.05) is 13.1 Å². The number of ether oxygens (including phenoxy) is 1. The smallest absolute Gasteiger partial charge is 0.246 e. The molecule has 0 radical (unpaired) electrons. The Morgan fingerprint density at radius 1 is 1.55 bits per heavy atom. The van der Waals surface area contributed by atoms with Crippen LogP contribution in [0.3, 0.4) is 0 Å². The zero-order valence-corrected chi connectivity index (χ0v) is 6.03. The molecule has 5 heteroatoms. The second-order valence-electron chi connectivity index (χ2n) is 2.13. The topological polar surface area (TPSA) is 68.8 Å². The number of amidine groups is 1. The lowest BCUT2D eigenvalue weighted by molar-refractivity contribution is 0.0672. The number of hydrogen-bond acceptors (Lipinski definition) is 4. The van der Waals surface area contributed by atoms with Crippen LogP contribution in [0.15, 0.2) is 5.16 Å². The molecular weight excluding hydrogens is 146 g/mol. The standard InChI is InChI=1S/C6H9N3O2/c7-5-6(8-10)9-1-3-11-4-2-9/h10H,1-4H2/b8-6-. The van der Waals surface area contributed by atoms with Gasteiger partial charge in [-0.3, -0.25) is 0 Å². The van der Waals surface area contributed by atoms with Crippen molar-refractivity contribution < 1.29 is 9.94 Å². The van der Waals surface area contributed by atoms with Gasteiger partial charge in [0.2, 0.25) is 5.84 Å². The Labute approximate surface area is 64.5 Å². The SMILES string of the molecule is N#C/C(=N/O)N1CCOCC1. The molecule has 1 aliphatic rings. The van der Waals surface area contributed by atoms with Crippen LogP contribution in [0.5, 0.6) is 0 Å². The summed E-state index contributed by atoms with van der Waals surface area (Å²) in [5, 5.41) is 19.7. The van der Waals surface area contributed by atoms with Crippen LogP contribution in [0.25, 0.3) is 0 Å². The third-order valence-corrected chi connectivity index (χ3v) is 1.51. The van der Waals surface area contributed by atoms with E-state index in [0.717, 1.165) is 0 Å². The van der Waals surface area contributed by atoms with Crippen LogP contribution in [0.2, 0.25) is 0 Å². The maximum Gasteiger partial charge on any atom is 0.246 e. The monoisotopic (exact) mass is 155 g/mol. The van der Waals surface area contributed by atoms with Crippen LogP contribution in [0.1, 0.15) is 0 Å². The number of oxime groups is 1. The van der Waals surface area contributed by atoms with Gasteiger partial charge in [0.05, 0.1) is 13.2 Å². The van der Waals surface area contributed by atoms with Crippen LogP contribution >= 0.6 is 0 Å². The molecule has 0 unspecified atom stereocenters. The van der Waals surface area contributed by atoms with Crippen LogP contribution < -0.4 is 0 Å².